The van der Waals surface area contributed by atoms with Gasteiger partial charge in [0, 0.05) is 10.2 Å². The van der Waals surface area contributed by atoms with E-state index >= 15 is 0 Å². The highest BCUT2D eigenvalue weighted by Crippen LogP contribution is 2.11. The van der Waals surface area contributed by atoms with E-state index in [0.29, 0.717) is 0 Å². The SMILES string of the molecule is CCC(CC[SiH3])CS(=O)(=O)O. The molecule has 1 unspecified atom stereocenters. The molecule has 0 saturated carbocycles. The maximum Gasteiger partial charge on any atom is 0.265 e. The Kier molecular flexibility index (Phi) is 4.95. The highest BCUT2D eigenvalue weighted by atomic mass is 32.2. The van der Waals surface area contributed by atoms with Crippen LogP contribution in [-0.4, -0.2) is 29.0 Å². The number of rotatable bonds is 5. The maximum absolute atomic E-state index is 10.4. The molecule has 0 aliphatic carbocycles. The lowest BCUT2D eigenvalue weighted by molar-refractivity contribution is 0.454. The molecule has 0 aromatic heterocycles. The summed E-state index contributed by atoms with van der Waals surface area (Å²) in [5.74, 6) is 0.0913. The van der Waals surface area contributed by atoms with E-state index in [0.717, 1.165) is 29.1 Å². The summed E-state index contributed by atoms with van der Waals surface area (Å²) in [6.45, 7) is 1.95. The monoisotopic (exact) mass is 196 g/mol. The molecule has 0 heterocycles. The van der Waals surface area contributed by atoms with Crippen LogP contribution < -0.4 is 0 Å². The van der Waals surface area contributed by atoms with Gasteiger partial charge in [-0.25, -0.2) is 0 Å². The van der Waals surface area contributed by atoms with Gasteiger partial charge in [-0.2, -0.15) is 8.42 Å². The lowest BCUT2D eigenvalue weighted by atomic mass is 10.1. The van der Waals surface area contributed by atoms with E-state index in [4.69, 9.17) is 4.55 Å². The van der Waals surface area contributed by atoms with Gasteiger partial charge in [0.2, 0.25) is 0 Å². The zero-order valence-electron chi connectivity index (χ0n) is 7.08. The van der Waals surface area contributed by atoms with E-state index < -0.39 is 10.1 Å². The molecule has 1 atom stereocenters. The molecule has 0 fully saturated rings. The van der Waals surface area contributed by atoms with Gasteiger partial charge in [0.15, 0.2) is 0 Å². The third kappa shape index (κ3) is 6.52. The van der Waals surface area contributed by atoms with Crippen LogP contribution in [0.5, 0.6) is 0 Å². The van der Waals surface area contributed by atoms with E-state index in [1.54, 1.807) is 0 Å². The fraction of sp³-hybridized carbons (Fsp3) is 1.00. The molecule has 0 aliphatic rings. The van der Waals surface area contributed by atoms with Gasteiger partial charge < -0.3 is 0 Å². The standard InChI is InChI=1S/C6H16O3SSi/c1-2-6(3-4-11)5-10(7,8)9/h6H,2-5H2,1,11H3,(H,7,8,9). The van der Waals surface area contributed by atoms with Crippen molar-refractivity contribution in [3.05, 3.63) is 0 Å². The van der Waals surface area contributed by atoms with Crippen molar-refractivity contribution < 1.29 is 13.0 Å². The first kappa shape index (κ1) is 11.1. The fourth-order valence-corrected chi connectivity index (χ4v) is 2.93. The van der Waals surface area contributed by atoms with E-state index in [9.17, 15) is 8.42 Å². The van der Waals surface area contributed by atoms with Gasteiger partial charge in [0.25, 0.3) is 10.1 Å². The molecule has 0 aliphatic heterocycles. The van der Waals surface area contributed by atoms with E-state index in [1.165, 1.54) is 0 Å². The summed E-state index contributed by atoms with van der Waals surface area (Å²) in [6.07, 6.45) is 1.77. The summed E-state index contributed by atoms with van der Waals surface area (Å²) in [6, 6.07) is 1.11. The predicted octanol–water partition coefficient (Wildman–Crippen LogP) is 0.0742. The van der Waals surface area contributed by atoms with Gasteiger partial charge in [-0.15, -0.1) is 0 Å². The first-order chi connectivity index (χ1) is 4.99. The van der Waals surface area contributed by atoms with Crippen molar-refractivity contribution in [1.29, 1.82) is 0 Å². The minimum absolute atomic E-state index is 0.0638. The lowest BCUT2D eigenvalue weighted by Gasteiger charge is -2.10. The van der Waals surface area contributed by atoms with Gasteiger partial charge in [-0.1, -0.05) is 25.8 Å². The van der Waals surface area contributed by atoms with Crippen LogP contribution in [0.4, 0.5) is 0 Å². The Labute approximate surface area is 71.4 Å². The molecule has 5 heteroatoms. The van der Waals surface area contributed by atoms with Crippen LogP contribution in [0.1, 0.15) is 19.8 Å². The van der Waals surface area contributed by atoms with Crippen LogP contribution in [0.3, 0.4) is 0 Å². The Bertz CT molecular complexity index is 188. The summed E-state index contributed by atoms with van der Waals surface area (Å²) in [5.41, 5.74) is 0. The minimum Gasteiger partial charge on any atom is -0.286 e. The average Bonchev–Trinajstić information content (AvgIpc) is 1.84. The topological polar surface area (TPSA) is 54.4 Å². The van der Waals surface area contributed by atoms with Crippen molar-refractivity contribution in [2.24, 2.45) is 5.92 Å². The minimum atomic E-state index is -3.74. The second-order valence-corrected chi connectivity index (χ2v) is 5.31. The molecule has 0 radical (unpaired) electrons. The number of hydrogen-bond acceptors (Lipinski definition) is 2. The van der Waals surface area contributed by atoms with Crippen molar-refractivity contribution in [3.8, 4) is 0 Å². The third-order valence-electron chi connectivity index (χ3n) is 1.72. The quantitative estimate of drug-likeness (QED) is 0.500. The zero-order valence-corrected chi connectivity index (χ0v) is 9.89. The van der Waals surface area contributed by atoms with E-state index in [2.05, 4.69) is 0 Å². The normalized spacial score (nSPS) is 15.1. The van der Waals surface area contributed by atoms with Crippen LogP contribution in [0.25, 0.3) is 0 Å². The first-order valence-corrected chi connectivity index (χ1v) is 6.97. The lowest BCUT2D eigenvalue weighted by Crippen LogP contribution is -2.14. The van der Waals surface area contributed by atoms with Crippen molar-refractivity contribution in [3.63, 3.8) is 0 Å². The summed E-state index contributed by atoms with van der Waals surface area (Å²) in [5, 5.41) is 0. The van der Waals surface area contributed by atoms with Crippen LogP contribution in [0, 0.1) is 5.92 Å². The Hall–Kier alpha value is 0.127. The highest BCUT2D eigenvalue weighted by molar-refractivity contribution is 7.85. The zero-order chi connectivity index (χ0) is 8.91. The largest absolute Gasteiger partial charge is 0.286 e. The molecule has 0 aromatic carbocycles. The molecule has 0 bridgehead atoms. The predicted molar refractivity (Wildman–Crippen MR) is 49.6 cm³/mol. The molecule has 1 N–H and O–H groups in total. The smallest absolute Gasteiger partial charge is 0.265 e. The molecule has 0 rings (SSSR count). The molecule has 0 spiro atoms. The Morgan fingerprint density at radius 1 is 1.55 bits per heavy atom. The molecular weight excluding hydrogens is 180 g/mol. The second kappa shape index (κ2) is 4.90. The molecular formula is C6H16O3SSi. The summed E-state index contributed by atoms with van der Waals surface area (Å²) in [7, 11) is -2.64. The van der Waals surface area contributed by atoms with Crippen LogP contribution in [0.15, 0.2) is 0 Å². The molecule has 68 valence electrons. The van der Waals surface area contributed by atoms with Crippen molar-refractivity contribution >= 4 is 20.4 Å². The van der Waals surface area contributed by atoms with Crippen molar-refractivity contribution in [1.82, 2.24) is 0 Å². The van der Waals surface area contributed by atoms with Gasteiger partial charge in [0.1, 0.15) is 0 Å². The molecule has 11 heavy (non-hydrogen) atoms. The van der Waals surface area contributed by atoms with Gasteiger partial charge in [-0.3, -0.25) is 4.55 Å². The van der Waals surface area contributed by atoms with E-state index in [-0.39, 0.29) is 11.7 Å². The number of hydrogen-bond donors (Lipinski definition) is 1. The molecule has 0 saturated heterocycles. The molecule has 3 nitrogen and oxygen atoms in total. The Balaban J connectivity index is 3.88. The summed E-state index contributed by atoms with van der Waals surface area (Å²) < 4.78 is 29.4. The van der Waals surface area contributed by atoms with Crippen molar-refractivity contribution in [2.75, 3.05) is 5.75 Å². The Morgan fingerprint density at radius 2 is 2.09 bits per heavy atom. The van der Waals surface area contributed by atoms with Gasteiger partial charge in [-0.05, 0) is 5.92 Å². The third-order valence-corrected chi connectivity index (χ3v) is 3.19. The molecule has 0 amide bonds. The first-order valence-electron chi connectivity index (χ1n) is 3.94. The second-order valence-electron chi connectivity index (χ2n) is 2.81. The summed E-state index contributed by atoms with van der Waals surface area (Å²) in [4.78, 5) is 0. The maximum atomic E-state index is 10.4. The van der Waals surface area contributed by atoms with Gasteiger partial charge in [0.05, 0.1) is 5.75 Å². The van der Waals surface area contributed by atoms with Gasteiger partial charge >= 0.3 is 0 Å². The molecule has 0 aromatic rings. The summed E-state index contributed by atoms with van der Waals surface area (Å²) >= 11 is 0. The highest BCUT2D eigenvalue weighted by Gasteiger charge is 2.13. The average molecular weight is 196 g/mol. The van der Waals surface area contributed by atoms with Crippen LogP contribution in [-0.2, 0) is 10.1 Å². The van der Waals surface area contributed by atoms with E-state index in [1.807, 2.05) is 6.92 Å². The Morgan fingerprint density at radius 3 is 2.36 bits per heavy atom. The van der Waals surface area contributed by atoms with Crippen molar-refractivity contribution in [2.45, 2.75) is 25.8 Å². The fourth-order valence-electron chi connectivity index (χ4n) is 1.11. The van der Waals surface area contributed by atoms with Crippen LogP contribution >= 0.6 is 0 Å². The van der Waals surface area contributed by atoms with Crippen LogP contribution in [0.2, 0.25) is 6.04 Å².